The molecule has 0 fully saturated rings. The van der Waals surface area contributed by atoms with Gasteiger partial charge in [-0.25, -0.2) is 0 Å². The summed E-state index contributed by atoms with van der Waals surface area (Å²) >= 11 is 0. The number of aliphatic hydroxyl groups is 1. The number of hydrogen-bond acceptors (Lipinski definition) is 1. The lowest BCUT2D eigenvalue weighted by Crippen LogP contribution is -1.76. The Morgan fingerprint density at radius 1 is 1.14 bits per heavy atom. The fourth-order valence-corrected chi connectivity index (χ4v) is 1.06. The topological polar surface area (TPSA) is 20.2 Å². The monoisotopic (exact) mass is 120 g/mol. The van der Waals surface area contributed by atoms with Crippen molar-refractivity contribution in [3.63, 3.8) is 0 Å². The quantitative estimate of drug-likeness (QED) is 0.530. The fourth-order valence-electron chi connectivity index (χ4n) is 0.354. The van der Waals surface area contributed by atoms with Gasteiger partial charge in [0.1, 0.15) is 0 Å². The van der Waals surface area contributed by atoms with Crippen LogP contribution in [0.5, 0.6) is 0 Å². The standard InChI is InChI=1S/C4H12Si.CH4O/c1-3-5-4-2;1-2/h3-5H2,1-2H3;2H,1H3. The second-order valence-electron chi connectivity index (χ2n) is 1.35. The maximum Gasteiger partial charge on any atom is 0.0319 e. The third-order valence-corrected chi connectivity index (χ3v) is 2.12. The molecule has 1 N–H and O–H groups in total. The van der Waals surface area contributed by atoms with Gasteiger partial charge in [0, 0.05) is 16.6 Å². The molecule has 0 unspecified atom stereocenters. The van der Waals surface area contributed by atoms with E-state index in [2.05, 4.69) is 13.8 Å². The molecule has 0 spiro atoms. The van der Waals surface area contributed by atoms with E-state index in [1.165, 1.54) is 12.1 Å². The number of hydrogen-bond donors (Lipinski definition) is 1. The summed E-state index contributed by atoms with van der Waals surface area (Å²) in [5.74, 6) is 0. The van der Waals surface area contributed by atoms with Gasteiger partial charge in [0.05, 0.1) is 0 Å². The first-order valence-electron chi connectivity index (χ1n) is 2.86. The highest BCUT2D eigenvalue weighted by atomic mass is 28.2. The van der Waals surface area contributed by atoms with Crippen LogP contribution >= 0.6 is 0 Å². The maximum atomic E-state index is 7.00. The molecule has 0 aliphatic carbocycles. The van der Waals surface area contributed by atoms with E-state index >= 15 is 0 Å². The zero-order valence-electron chi connectivity index (χ0n) is 5.57. The summed E-state index contributed by atoms with van der Waals surface area (Å²) in [7, 11) is 1.43. The third kappa shape index (κ3) is 22.7. The van der Waals surface area contributed by atoms with E-state index in [1.54, 1.807) is 0 Å². The molecular formula is C5H16OSi. The van der Waals surface area contributed by atoms with Gasteiger partial charge >= 0.3 is 0 Å². The van der Waals surface area contributed by atoms with Gasteiger partial charge in [0.15, 0.2) is 0 Å². The SMILES string of the molecule is CC[SiH2]CC.CO. The predicted octanol–water partition coefficient (Wildman–Crippen LogP) is 0.640. The Labute approximate surface area is 48.6 Å². The second kappa shape index (κ2) is 16.4. The first-order chi connectivity index (χ1) is 3.41. The molecule has 0 radical (unpaired) electrons. The Hall–Kier alpha value is 0.177. The lowest BCUT2D eigenvalue weighted by molar-refractivity contribution is 0.399. The van der Waals surface area contributed by atoms with Crippen LogP contribution in [0.3, 0.4) is 0 Å². The van der Waals surface area contributed by atoms with Gasteiger partial charge in [-0.15, -0.1) is 0 Å². The van der Waals surface area contributed by atoms with Crippen LogP contribution in [0, 0.1) is 0 Å². The largest absolute Gasteiger partial charge is 0.400 e. The van der Waals surface area contributed by atoms with Gasteiger partial charge in [0.2, 0.25) is 0 Å². The predicted molar refractivity (Wildman–Crippen MR) is 37.6 cm³/mol. The Morgan fingerprint density at radius 2 is 1.43 bits per heavy atom. The van der Waals surface area contributed by atoms with Crippen molar-refractivity contribution in [2.45, 2.75) is 25.9 Å². The van der Waals surface area contributed by atoms with Crippen molar-refractivity contribution >= 4 is 9.52 Å². The Morgan fingerprint density at radius 3 is 1.43 bits per heavy atom. The molecule has 0 saturated carbocycles. The van der Waals surface area contributed by atoms with Crippen molar-refractivity contribution in [1.29, 1.82) is 0 Å². The highest BCUT2D eigenvalue weighted by Crippen LogP contribution is 1.77. The Balaban J connectivity index is 0. The van der Waals surface area contributed by atoms with E-state index in [9.17, 15) is 0 Å². The summed E-state index contributed by atoms with van der Waals surface area (Å²) in [6, 6.07) is 2.97. The molecule has 2 heteroatoms. The highest BCUT2D eigenvalue weighted by Gasteiger charge is 1.70. The van der Waals surface area contributed by atoms with E-state index in [-0.39, 0.29) is 0 Å². The summed E-state index contributed by atoms with van der Waals surface area (Å²) in [5, 5.41) is 7.00. The molecule has 0 rings (SSSR count). The molecule has 0 atom stereocenters. The van der Waals surface area contributed by atoms with Crippen LogP contribution in [0.4, 0.5) is 0 Å². The molecule has 0 aromatic heterocycles. The van der Waals surface area contributed by atoms with Gasteiger partial charge in [-0.05, 0) is 0 Å². The molecule has 0 aromatic carbocycles. The molecule has 0 aliphatic heterocycles. The molecule has 0 heterocycles. The first kappa shape index (κ1) is 10.2. The first-order valence-corrected chi connectivity index (χ1v) is 4.86. The molecule has 46 valence electrons. The summed E-state index contributed by atoms with van der Waals surface area (Å²) in [6.07, 6.45) is 0. The summed E-state index contributed by atoms with van der Waals surface area (Å²) in [6.45, 7) is 4.55. The Kier molecular flexibility index (Phi) is 23.9. The summed E-state index contributed by atoms with van der Waals surface area (Å²) in [4.78, 5) is 0. The fraction of sp³-hybridized carbons (Fsp3) is 1.00. The Bertz CT molecular complexity index is 15.6. The van der Waals surface area contributed by atoms with E-state index < -0.39 is 0 Å². The minimum Gasteiger partial charge on any atom is -0.400 e. The smallest absolute Gasteiger partial charge is 0.0319 e. The average Bonchev–Trinajstić information content (AvgIpc) is 1.75. The molecule has 0 bridgehead atoms. The zero-order chi connectivity index (χ0) is 6.12. The lowest BCUT2D eigenvalue weighted by atomic mass is 11.0. The molecular weight excluding hydrogens is 104 g/mol. The van der Waals surface area contributed by atoms with Crippen LogP contribution in [0.1, 0.15) is 13.8 Å². The van der Waals surface area contributed by atoms with Crippen LogP contribution in [0.2, 0.25) is 12.1 Å². The van der Waals surface area contributed by atoms with Crippen molar-refractivity contribution in [2.24, 2.45) is 0 Å². The molecule has 0 saturated heterocycles. The van der Waals surface area contributed by atoms with Crippen molar-refractivity contribution in [1.82, 2.24) is 0 Å². The van der Waals surface area contributed by atoms with E-state index in [4.69, 9.17) is 5.11 Å². The maximum absolute atomic E-state index is 7.00. The molecule has 7 heavy (non-hydrogen) atoms. The van der Waals surface area contributed by atoms with Gasteiger partial charge in [0.25, 0.3) is 0 Å². The van der Waals surface area contributed by atoms with Crippen LogP contribution in [0.25, 0.3) is 0 Å². The van der Waals surface area contributed by atoms with E-state index in [0.717, 1.165) is 7.11 Å². The highest BCUT2D eigenvalue weighted by molar-refractivity contribution is 6.34. The van der Waals surface area contributed by atoms with Crippen molar-refractivity contribution in [3.8, 4) is 0 Å². The van der Waals surface area contributed by atoms with Crippen LogP contribution in [-0.2, 0) is 0 Å². The van der Waals surface area contributed by atoms with Gasteiger partial charge in [-0.3, -0.25) is 0 Å². The zero-order valence-corrected chi connectivity index (χ0v) is 6.98. The average molecular weight is 120 g/mol. The number of aliphatic hydroxyl groups excluding tert-OH is 1. The summed E-state index contributed by atoms with van der Waals surface area (Å²) in [5.41, 5.74) is 0. The van der Waals surface area contributed by atoms with E-state index in [0.29, 0.717) is 9.52 Å². The minimum atomic E-state index is 0.432. The summed E-state index contributed by atoms with van der Waals surface area (Å²) < 4.78 is 0. The molecule has 1 nitrogen and oxygen atoms in total. The normalized spacial score (nSPS) is 6.86. The minimum absolute atomic E-state index is 0.432. The van der Waals surface area contributed by atoms with Crippen LogP contribution in [-0.4, -0.2) is 21.7 Å². The van der Waals surface area contributed by atoms with Crippen LogP contribution < -0.4 is 0 Å². The lowest BCUT2D eigenvalue weighted by Gasteiger charge is -1.77. The van der Waals surface area contributed by atoms with Crippen molar-refractivity contribution < 1.29 is 5.11 Å². The van der Waals surface area contributed by atoms with Crippen molar-refractivity contribution in [3.05, 3.63) is 0 Å². The molecule has 0 amide bonds. The third-order valence-electron chi connectivity index (χ3n) is 0.707. The molecule has 0 aromatic rings. The number of rotatable bonds is 2. The van der Waals surface area contributed by atoms with Gasteiger partial charge in [-0.1, -0.05) is 25.9 Å². The van der Waals surface area contributed by atoms with Crippen LogP contribution in [0.15, 0.2) is 0 Å². The van der Waals surface area contributed by atoms with Gasteiger partial charge in [-0.2, -0.15) is 0 Å². The second-order valence-corrected chi connectivity index (χ2v) is 4.06. The molecule has 0 aliphatic rings. The van der Waals surface area contributed by atoms with E-state index in [1.807, 2.05) is 0 Å². The van der Waals surface area contributed by atoms with Crippen molar-refractivity contribution in [2.75, 3.05) is 7.11 Å². The van der Waals surface area contributed by atoms with Gasteiger partial charge < -0.3 is 5.11 Å².